The average molecular weight is 397 g/mol. The van der Waals surface area contributed by atoms with Crippen LogP contribution in [-0.2, 0) is 20.9 Å². The number of thiophene rings is 1. The van der Waals surface area contributed by atoms with Gasteiger partial charge in [0.25, 0.3) is 5.91 Å². The minimum Gasteiger partial charge on any atom is -0.455 e. The highest BCUT2D eigenvalue weighted by Crippen LogP contribution is 2.27. The Morgan fingerprint density at radius 3 is 2.85 bits per heavy atom. The van der Waals surface area contributed by atoms with Gasteiger partial charge in [0.15, 0.2) is 17.6 Å². The van der Waals surface area contributed by atoms with Crippen LogP contribution in [-0.4, -0.2) is 45.5 Å². The molecule has 0 aromatic carbocycles. The smallest absolute Gasteiger partial charge is 0.316 e. The molecular weight excluding hydrogens is 372 g/mol. The van der Waals surface area contributed by atoms with Crippen molar-refractivity contribution < 1.29 is 14.3 Å². The summed E-state index contributed by atoms with van der Waals surface area (Å²) >= 11 is 2.86. The maximum atomic E-state index is 11.9. The third-order valence-electron chi connectivity index (χ3n) is 3.56. The highest BCUT2D eigenvalue weighted by atomic mass is 32.2. The summed E-state index contributed by atoms with van der Waals surface area (Å²) in [5.41, 5.74) is 0. The van der Waals surface area contributed by atoms with E-state index in [0.29, 0.717) is 18.2 Å². The lowest BCUT2D eigenvalue weighted by Gasteiger charge is -2.07. The standard InChI is InChI=1S/C17H24N4O3S2/c1-3-5-6-9-18-14(22)11-24-15(23)12-26-17-20-19-16(21(17)4-2)13-8-7-10-25-13/h7-8,10H,3-6,9,11-12H2,1-2H3,(H,18,22). The summed E-state index contributed by atoms with van der Waals surface area (Å²) in [7, 11) is 0. The topological polar surface area (TPSA) is 86.1 Å². The number of hydrogen-bond donors (Lipinski definition) is 1. The van der Waals surface area contributed by atoms with Gasteiger partial charge in [-0.05, 0) is 24.8 Å². The Kier molecular flexibility index (Phi) is 8.63. The summed E-state index contributed by atoms with van der Waals surface area (Å²) < 4.78 is 6.97. The van der Waals surface area contributed by atoms with E-state index < -0.39 is 5.97 Å². The molecule has 9 heteroatoms. The summed E-state index contributed by atoms with van der Waals surface area (Å²) in [5, 5.41) is 13.8. The van der Waals surface area contributed by atoms with Gasteiger partial charge in [-0.2, -0.15) is 0 Å². The molecule has 0 fully saturated rings. The zero-order chi connectivity index (χ0) is 18.8. The average Bonchev–Trinajstić information content (AvgIpc) is 3.30. The molecule has 0 spiro atoms. The van der Waals surface area contributed by atoms with Crippen LogP contribution in [0.3, 0.4) is 0 Å². The summed E-state index contributed by atoms with van der Waals surface area (Å²) in [6, 6.07) is 3.95. The van der Waals surface area contributed by atoms with Crippen LogP contribution in [0.4, 0.5) is 0 Å². The molecule has 0 radical (unpaired) electrons. The minimum absolute atomic E-state index is 0.0890. The first kappa shape index (κ1) is 20.4. The molecule has 1 amide bonds. The van der Waals surface area contributed by atoms with Crippen molar-refractivity contribution in [3.05, 3.63) is 17.5 Å². The molecule has 142 valence electrons. The maximum absolute atomic E-state index is 11.9. The summed E-state index contributed by atoms with van der Waals surface area (Å²) in [5.74, 6) is 0.175. The van der Waals surface area contributed by atoms with Crippen LogP contribution in [0.25, 0.3) is 10.7 Å². The quantitative estimate of drug-likeness (QED) is 0.357. The van der Waals surface area contributed by atoms with Crippen LogP contribution in [0.5, 0.6) is 0 Å². The summed E-state index contributed by atoms with van der Waals surface area (Å²) in [6.07, 6.45) is 3.10. The molecule has 0 unspecified atom stereocenters. The molecule has 0 aliphatic carbocycles. The van der Waals surface area contributed by atoms with Crippen molar-refractivity contribution in [2.45, 2.75) is 44.8 Å². The summed E-state index contributed by atoms with van der Waals surface area (Å²) in [6.45, 7) is 5.18. The van der Waals surface area contributed by atoms with Gasteiger partial charge in [-0.15, -0.1) is 21.5 Å². The number of rotatable bonds is 11. The first-order valence-electron chi connectivity index (χ1n) is 8.67. The van der Waals surface area contributed by atoms with Crippen molar-refractivity contribution in [1.82, 2.24) is 20.1 Å². The zero-order valence-corrected chi connectivity index (χ0v) is 16.7. The Balaban J connectivity index is 1.76. The van der Waals surface area contributed by atoms with Crippen molar-refractivity contribution in [1.29, 1.82) is 0 Å². The maximum Gasteiger partial charge on any atom is 0.316 e. The first-order valence-corrected chi connectivity index (χ1v) is 10.5. The van der Waals surface area contributed by atoms with E-state index in [1.807, 2.05) is 29.0 Å². The Labute approximate surface area is 161 Å². The Bertz CT molecular complexity index is 701. The Hall–Kier alpha value is -1.87. The predicted molar refractivity (Wildman–Crippen MR) is 103 cm³/mol. The van der Waals surface area contributed by atoms with E-state index in [1.54, 1.807) is 11.3 Å². The molecule has 0 saturated carbocycles. The molecule has 0 aliphatic heterocycles. The normalized spacial score (nSPS) is 10.7. The number of nitrogens with one attached hydrogen (secondary N) is 1. The zero-order valence-electron chi connectivity index (χ0n) is 15.1. The molecule has 0 saturated heterocycles. The van der Waals surface area contributed by atoms with Gasteiger partial charge < -0.3 is 14.6 Å². The van der Waals surface area contributed by atoms with Crippen molar-refractivity contribution in [2.24, 2.45) is 0 Å². The molecule has 2 aromatic rings. The van der Waals surface area contributed by atoms with Gasteiger partial charge in [-0.1, -0.05) is 37.6 Å². The lowest BCUT2D eigenvalue weighted by molar-refractivity contribution is -0.145. The number of carbonyl (C=O) groups is 2. The number of ether oxygens (including phenoxy) is 1. The SMILES string of the molecule is CCCCCNC(=O)COC(=O)CSc1nnc(-c2cccs2)n1CC. The predicted octanol–water partition coefficient (Wildman–Crippen LogP) is 2.97. The van der Waals surface area contributed by atoms with E-state index in [2.05, 4.69) is 22.4 Å². The van der Waals surface area contributed by atoms with E-state index in [4.69, 9.17) is 4.74 Å². The van der Waals surface area contributed by atoms with Crippen LogP contribution < -0.4 is 5.32 Å². The molecule has 0 aliphatic rings. The van der Waals surface area contributed by atoms with Crippen molar-refractivity contribution in [3.63, 3.8) is 0 Å². The lowest BCUT2D eigenvalue weighted by Crippen LogP contribution is -2.29. The highest BCUT2D eigenvalue weighted by Gasteiger charge is 2.16. The third-order valence-corrected chi connectivity index (χ3v) is 5.37. The van der Waals surface area contributed by atoms with Gasteiger partial charge in [-0.25, -0.2) is 0 Å². The Morgan fingerprint density at radius 1 is 1.31 bits per heavy atom. The first-order chi connectivity index (χ1) is 12.7. The second-order valence-corrected chi connectivity index (χ2v) is 7.42. The van der Waals surface area contributed by atoms with Gasteiger partial charge >= 0.3 is 5.97 Å². The molecule has 2 aromatic heterocycles. The van der Waals surface area contributed by atoms with Gasteiger partial charge in [0.05, 0.1) is 10.6 Å². The number of carbonyl (C=O) groups excluding carboxylic acids is 2. The fourth-order valence-electron chi connectivity index (χ4n) is 2.23. The molecule has 0 atom stereocenters. The van der Waals surface area contributed by atoms with Gasteiger partial charge in [0, 0.05) is 13.1 Å². The molecule has 2 heterocycles. The molecule has 26 heavy (non-hydrogen) atoms. The van der Waals surface area contributed by atoms with Crippen LogP contribution in [0.1, 0.15) is 33.1 Å². The third kappa shape index (κ3) is 6.14. The molecule has 2 rings (SSSR count). The van der Waals surface area contributed by atoms with Crippen molar-refractivity contribution in [3.8, 4) is 10.7 Å². The van der Waals surface area contributed by atoms with Gasteiger partial charge in [-0.3, -0.25) is 9.59 Å². The van der Waals surface area contributed by atoms with Crippen molar-refractivity contribution in [2.75, 3.05) is 18.9 Å². The van der Waals surface area contributed by atoms with E-state index in [9.17, 15) is 9.59 Å². The molecule has 1 N–H and O–H groups in total. The largest absolute Gasteiger partial charge is 0.455 e. The number of unbranched alkanes of at least 4 members (excludes halogenated alkanes) is 2. The van der Waals surface area contributed by atoms with Gasteiger partial charge in [0.2, 0.25) is 0 Å². The molecular formula is C17H24N4O3S2. The van der Waals surface area contributed by atoms with Crippen LogP contribution in [0.2, 0.25) is 0 Å². The monoisotopic (exact) mass is 396 g/mol. The van der Waals surface area contributed by atoms with E-state index in [1.165, 1.54) is 11.8 Å². The second kappa shape index (κ2) is 11.0. The van der Waals surface area contributed by atoms with Crippen molar-refractivity contribution >= 4 is 35.0 Å². The number of esters is 1. The van der Waals surface area contributed by atoms with Crippen LogP contribution in [0, 0.1) is 0 Å². The fourth-order valence-corrected chi connectivity index (χ4v) is 3.75. The number of amides is 1. The van der Waals surface area contributed by atoms with Crippen LogP contribution in [0.15, 0.2) is 22.7 Å². The molecule has 7 nitrogen and oxygen atoms in total. The number of thioether (sulfide) groups is 1. The fraction of sp³-hybridized carbons (Fsp3) is 0.529. The number of aromatic nitrogens is 3. The van der Waals surface area contributed by atoms with E-state index in [-0.39, 0.29) is 18.3 Å². The van der Waals surface area contributed by atoms with Gasteiger partial charge in [0.1, 0.15) is 0 Å². The van der Waals surface area contributed by atoms with E-state index >= 15 is 0 Å². The lowest BCUT2D eigenvalue weighted by atomic mass is 10.2. The number of nitrogens with zero attached hydrogens (tertiary/aromatic N) is 3. The minimum atomic E-state index is -0.443. The number of hydrogen-bond acceptors (Lipinski definition) is 7. The highest BCUT2D eigenvalue weighted by molar-refractivity contribution is 7.99. The second-order valence-electron chi connectivity index (χ2n) is 5.53. The summed E-state index contributed by atoms with van der Waals surface area (Å²) in [4.78, 5) is 24.5. The molecule has 0 bridgehead atoms. The van der Waals surface area contributed by atoms with E-state index in [0.717, 1.165) is 30.0 Å². The van der Waals surface area contributed by atoms with Crippen LogP contribution >= 0.6 is 23.1 Å². The Morgan fingerprint density at radius 2 is 2.15 bits per heavy atom.